The number of nitro groups is 1. The first-order valence-corrected chi connectivity index (χ1v) is 9.60. The lowest BCUT2D eigenvalue weighted by Crippen LogP contribution is -2.46. The van der Waals surface area contributed by atoms with Crippen LogP contribution >= 0.6 is 11.6 Å². The van der Waals surface area contributed by atoms with Gasteiger partial charge >= 0.3 is 0 Å². The maximum atomic E-state index is 12.9. The van der Waals surface area contributed by atoms with E-state index < -0.39 is 10.8 Å². The third-order valence-electron chi connectivity index (χ3n) is 5.04. The van der Waals surface area contributed by atoms with Gasteiger partial charge in [0, 0.05) is 48.9 Å². The van der Waals surface area contributed by atoms with E-state index in [-0.39, 0.29) is 11.3 Å². The van der Waals surface area contributed by atoms with Gasteiger partial charge in [-0.05, 0) is 37.2 Å². The summed E-state index contributed by atoms with van der Waals surface area (Å²) in [6, 6.07) is 9.69. The Hall–Kier alpha value is -2.64. The molecule has 1 saturated heterocycles. The monoisotopic (exact) mass is 402 g/mol. The lowest BCUT2D eigenvalue weighted by atomic mass is 10.1. The summed E-state index contributed by atoms with van der Waals surface area (Å²) in [7, 11) is 0. The molecule has 1 aliphatic heterocycles. The van der Waals surface area contributed by atoms with Crippen molar-refractivity contribution in [1.82, 2.24) is 4.90 Å². The summed E-state index contributed by atoms with van der Waals surface area (Å²) in [5, 5.41) is 14.5. The zero-order valence-corrected chi connectivity index (χ0v) is 16.7. The average Bonchev–Trinajstić information content (AvgIpc) is 2.68. The van der Waals surface area contributed by atoms with Gasteiger partial charge in [0.2, 0.25) is 0 Å². The number of rotatable bonds is 5. The molecule has 0 saturated carbocycles. The fourth-order valence-corrected chi connectivity index (χ4v) is 3.52. The van der Waals surface area contributed by atoms with Crippen LogP contribution in [0.25, 0.3) is 0 Å². The van der Waals surface area contributed by atoms with E-state index >= 15 is 0 Å². The second-order valence-corrected chi connectivity index (χ2v) is 7.23. The number of anilines is 2. The molecule has 0 unspecified atom stereocenters. The minimum absolute atomic E-state index is 0.113. The fourth-order valence-electron chi connectivity index (χ4n) is 3.35. The second kappa shape index (κ2) is 8.58. The summed E-state index contributed by atoms with van der Waals surface area (Å²) >= 11 is 6.16. The largest absolute Gasteiger partial charge is 0.367 e. The van der Waals surface area contributed by atoms with E-state index in [2.05, 4.69) is 22.0 Å². The van der Waals surface area contributed by atoms with Crippen molar-refractivity contribution in [2.75, 3.05) is 42.9 Å². The molecule has 2 aromatic carbocycles. The third kappa shape index (κ3) is 4.43. The average molecular weight is 403 g/mol. The SMILES string of the molecule is CCN1CCN(c2ccc(Cl)cc2NC(=O)c2cc([N+](=O)[O-])ccc2C)CC1. The molecule has 0 aliphatic carbocycles. The Kier molecular flexibility index (Phi) is 6.16. The van der Waals surface area contributed by atoms with E-state index in [4.69, 9.17) is 11.6 Å². The molecular formula is C20H23ClN4O3. The number of carbonyl (C=O) groups is 1. The van der Waals surface area contributed by atoms with Crippen molar-refractivity contribution in [3.8, 4) is 0 Å². The first-order valence-electron chi connectivity index (χ1n) is 9.22. The van der Waals surface area contributed by atoms with Crippen LogP contribution in [0.3, 0.4) is 0 Å². The lowest BCUT2D eigenvalue weighted by Gasteiger charge is -2.36. The van der Waals surface area contributed by atoms with Gasteiger partial charge in [-0.3, -0.25) is 14.9 Å². The summed E-state index contributed by atoms with van der Waals surface area (Å²) in [5.74, 6) is -0.392. The fraction of sp³-hybridized carbons (Fsp3) is 0.350. The number of hydrogen-bond acceptors (Lipinski definition) is 5. The smallest absolute Gasteiger partial charge is 0.270 e. The van der Waals surface area contributed by atoms with Crippen molar-refractivity contribution in [2.45, 2.75) is 13.8 Å². The third-order valence-corrected chi connectivity index (χ3v) is 5.28. The molecule has 8 heteroatoms. The van der Waals surface area contributed by atoms with Gasteiger partial charge in [0.25, 0.3) is 11.6 Å². The quantitative estimate of drug-likeness (QED) is 0.605. The number of hydrogen-bond donors (Lipinski definition) is 1. The highest BCUT2D eigenvalue weighted by Crippen LogP contribution is 2.31. The van der Waals surface area contributed by atoms with Gasteiger partial charge in [-0.15, -0.1) is 0 Å². The minimum Gasteiger partial charge on any atom is -0.367 e. The van der Waals surface area contributed by atoms with Crippen molar-refractivity contribution in [1.29, 1.82) is 0 Å². The molecular weight excluding hydrogens is 380 g/mol. The molecule has 1 heterocycles. The van der Waals surface area contributed by atoms with E-state index in [9.17, 15) is 14.9 Å². The molecule has 0 bridgehead atoms. The van der Waals surface area contributed by atoms with E-state index in [1.807, 2.05) is 6.07 Å². The van der Waals surface area contributed by atoms with Crippen LogP contribution in [0.5, 0.6) is 0 Å². The van der Waals surface area contributed by atoms with E-state index in [0.717, 1.165) is 38.4 Å². The first kappa shape index (κ1) is 20.1. The van der Waals surface area contributed by atoms with E-state index in [1.165, 1.54) is 12.1 Å². The standard InChI is InChI=1S/C20H23ClN4O3/c1-3-23-8-10-24(11-9-23)19-7-5-15(21)12-18(19)22-20(26)17-13-16(25(27)28)6-4-14(17)2/h4-7,12-13H,3,8-11H2,1-2H3,(H,22,26). The number of carbonyl (C=O) groups excluding carboxylic acids is 1. The van der Waals surface area contributed by atoms with Crippen molar-refractivity contribution in [3.63, 3.8) is 0 Å². The van der Waals surface area contributed by atoms with Crippen molar-refractivity contribution >= 4 is 34.6 Å². The van der Waals surface area contributed by atoms with Gasteiger partial charge in [0.15, 0.2) is 0 Å². The molecule has 3 rings (SSSR count). The van der Waals surface area contributed by atoms with Gasteiger partial charge in [-0.2, -0.15) is 0 Å². The predicted octanol–water partition coefficient (Wildman–Crippen LogP) is 3.95. The van der Waals surface area contributed by atoms with Crippen LogP contribution < -0.4 is 10.2 Å². The number of likely N-dealkylation sites (N-methyl/N-ethyl adjacent to an activating group) is 1. The van der Waals surface area contributed by atoms with Gasteiger partial charge in [0.1, 0.15) is 0 Å². The van der Waals surface area contributed by atoms with Crippen molar-refractivity contribution in [2.24, 2.45) is 0 Å². The highest BCUT2D eigenvalue weighted by atomic mass is 35.5. The van der Waals surface area contributed by atoms with Gasteiger partial charge in [0.05, 0.1) is 16.3 Å². The van der Waals surface area contributed by atoms with Crippen LogP contribution in [-0.2, 0) is 0 Å². The minimum atomic E-state index is -0.506. The molecule has 1 aliphatic rings. The van der Waals surface area contributed by atoms with Crippen LogP contribution in [0, 0.1) is 17.0 Å². The van der Waals surface area contributed by atoms with Crippen LogP contribution in [0.2, 0.25) is 5.02 Å². The Bertz CT molecular complexity index is 895. The normalized spacial score (nSPS) is 14.8. The molecule has 1 amide bonds. The topological polar surface area (TPSA) is 78.7 Å². The van der Waals surface area contributed by atoms with Crippen LogP contribution in [0.4, 0.5) is 17.1 Å². The molecule has 0 radical (unpaired) electrons. The Morgan fingerprint density at radius 1 is 1.18 bits per heavy atom. The first-order chi connectivity index (χ1) is 13.4. The maximum Gasteiger partial charge on any atom is 0.270 e. The van der Waals surface area contributed by atoms with Crippen molar-refractivity contribution in [3.05, 3.63) is 62.7 Å². The zero-order valence-electron chi connectivity index (χ0n) is 15.9. The number of nitrogens with one attached hydrogen (secondary N) is 1. The van der Waals surface area contributed by atoms with E-state index in [0.29, 0.717) is 16.3 Å². The summed E-state index contributed by atoms with van der Waals surface area (Å²) in [5.41, 5.74) is 2.34. The number of piperazine rings is 1. The second-order valence-electron chi connectivity index (χ2n) is 6.79. The van der Waals surface area contributed by atoms with E-state index in [1.54, 1.807) is 25.1 Å². The maximum absolute atomic E-state index is 12.9. The number of aryl methyl sites for hydroxylation is 1. The molecule has 1 fully saturated rings. The molecule has 148 valence electrons. The molecule has 1 N–H and O–H groups in total. The zero-order chi connectivity index (χ0) is 20.3. The number of nitro benzene ring substituents is 1. The van der Waals surface area contributed by atoms with Gasteiger partial charge < -0.3 is 15.1 Å². The summed E-state index contributed by atoms with van der Waals surface area (Å²) < 4.78 is 0. The van der Waals surface area contributed by atoms with Gasteiger partial charge in [-0.1, -0.05) is 24.6 Å². The molecule has 2 aromatic rings. The summed E-state index contributed by atoms with van der Waals surface area (Å²) in [4.78, 5) is 28.0. The number of amides is 1. The number of benzene rings is 2. The highest BCUT2D eigenvalue weighted by molar-refractivity contribution is 6.31. The van der Waals surface area contributed by atoms with Crippen LogP contribution in [-0.4, -0.2) is 48.5 Å². The molecule has 28 heavy (non-hydrogen) atoms. The van der Waals surface area contributed by atoms with Crippen LogP contribution in [0.15, 0.2) is 36.4 Å². The number of halogens is 1. The Morgan fingerprint density at radius 2 is 1.89 bits per heavy atom. The van der Waals surface area contributed by atoms with Crippen molar-refractivity contribution < 1.29 is 9.72 Å². The number of non-ortho nitro benzene ring substituents is 1. The Morgan fingerprint density at radius 3 is 2.54 bits per heavy atom. The predicted molar refractivity (Wildman–Crippen MR) is 112 cm³/mol. The lowest BCUT2D eigenvalue weighted by molar-refractivity contribution is -0.384. The van der Waals surface area contributed by atoms with Crippen LogP contribution in [0.1, 0.15) is 22.8 Å². The number of nitrogens with zero attached hydrogens (tertiary/aromatic N) is 3. The molecule has 7 nitrogen and oxygen atoms in total. The van der Waals surface area contributed by atoms with Gasteiger partial charge in [-0.25, -0.2) is 0 Å². The summed E-state index contributed by atoms with van der Waals surface area (Å²) in [6.45, 7) is 8.53. The summed E-state index contributed by atoms with van der Waals surface area (Å²) in [6.07, 6.45) is 0. The molecule has 0 aromatic heterocycles. The molecule has 0 spiro atoms. The Labute approximate surface area is 169 Å². The Balaban J connectivity index is 1.86. The highest BCUT2D eigenvalue weighted by Gasteiger charge is 2.21. The molecule has 0 atom stereocenters.